The van der Waals surface area contributed by atoms with E-state index in [1.807, 2.05) is 48.6 Å². The predicted octanol–water partition coefficient (Wildman–Crippen LogP) is 2.26. The molecule has 0 amide bonds. The fraction of sp³-hybridized carbons (Fsp3) is 0.0667. The van der Waals surface area contributed by atoms with E-state index in [1.165, 1.54) is 0 Å². The van der Waals surface area contributed by atoms with Gasteiger partial charge >= 0.3 is 0 Å². The van der Waals surface area contributed by atoms with E-state index in [2.05, 4.69) is 5.32 Å². The van der Waals surface area contributed by atoms with E-state index in [1.54, 1.807) is 12.1 Å². The SMILES string of the molecule is Nc1ccc(N)c(C=CC(N)Nc2ccccc2)c1. The van der Waals surface area contributed by atoms with Gasteiger partial charge in [0.2, 0.25) is 0 Å². The van der Waals surface area contributed by atoms with Gasteiger partial charge in [-0.1, -0.05) is 24.3 Å². The van der Waals surface area contributed by atoms with Gasteiger partial charge in [-0.05, 0) is 42.0 Å². The number of rotatable bonds is 4. The van der Waals surface area contributed by atoms with E-state index in [0.717, 1.165) is 11.3 Å². The zero-order valence-electron chi connectivity index (χ0n) is 10.6. The number of benzene rings is 2. The van der Waals surface area contributed by atoms with Crippen molar-refractivity contribution in [3.05, 3.63) is 60.2 Å². The molecule has 0 aliphatic rings. The maximum absolute atomic E-state index is 5.97. The summed E-state index contributed by atoms with van der Waals surface area (Å²) in [5.41, 5.74) is 20.7. The maximum atomic E-state index is 5.97. The van der Waals surface area contributed by atoms with Crippen molar-refractivity contribution in [1.82, 2.24) is 0 Å². The van der Waals surface area contributed by atoms with E-state index >= 15 is 0 Å². The molecule has 0 spiro atoms. The Balaban J connectivity index is 2.04. The molecule has 98 valence electrons. The van der Waals surface area contributed by atoms with Crippen LogP contribution in [0.2, 0.25) is 0 Å². The highest BCUT2D eigenvalue weighted by atomic mass is 15.0. The molecule has 0 fully saturated rings. The quantitative estimate of drug-likeness (QED) is 0.497. The second kappa shape index (κ2) is 5.93. The highest BCUT2D eigenvalue weighted by Crippen LogP contribution is 2.17. The fourth-order valence-corrected chi connectivity index (χ4v) is 1.72. The Morgan fingerprint density at radius 1 is 1.00 bits per heavy atom. The van der Waals surface area contributed by atoms with Crippen LogP contribution in [-0.4, -0.2) is 6.17 Å². The Hall–Kier alpha value is -2.46. The molecule has 19 heavy (non-hydrogen) atoms. The first kappa shape index (κ1) is 13.0. The van der Waals surface area contributed by atoms with Gasteiger partial charge in [0, 0.05) is 17.1 Å². The van der Waals surface area contributed by atoms with Crippen molar-refractivity contribution >= 4 is 23.1 Å². The van der Waals surface area contributed by atoms with E-state index in [9.17, 15) is 0 Å². The third kappa shape index (κ3) is 3.76. The van der Waals surface area contributed by atoms with Crippen LogP contribution in [0.1, 0.15) is 5.56 Å². The van der Waals surface area contributed by atoms with E-state index < -0.39 is 0 Å². The second-order valence-corrected chi connectivity index (χ2v) is 4.28. The highest BCUT2D eigenvalue weighted by Gasteiger charge is 1.99. The number of nitrogens with two attached hydrogens (primary N) is 3. The first-order chi connectivity index (χ1) is 9.15. The van der Waals surface area contributed by atoms with Crippen LogP contribution in [0.5, 0.6) is 0 Å². The molecule has 0 saturated heterocycles. The molecule has 0 aliphatic heterocycles. The van der Waals surface area contributed by atoms with Crippen LogP contribution in [0.15, 0.2) is 54.6 Å². The number of para-hydroxylation sites is 1. The van der Waals surface area contributed by atoms with Crippen molar-refractivity contribution in [2.45, 2.75) is 6.17 Å². The minimum Gasteiger partial charge on any atom is -0.399 e. The molecule has 0 bridgehead atoms. The summed E-state index contributed by atoms with van der Waals surface area (Å²) in [7, 11) is 0. The van der Waals surface area contributed by atoms with Gasteiger partial charge in [0.1, 0.15) is 0 Å². The molecule has 7 N–H and O–H groups in total. The zero-order chi connectivity index (χ0) is 13.7. The second-order valence-electron chi connectivity index (χ2n) is 4.28. The number of anilines is 3. The molecule has 0 aromatic heterocycles. The summed E-state index contributed by atoms with van der Waals surface area (Å²) in [5, 5.41) is 3.17. The minimum absolute atomic E-state index is 0.289. The minimum atomic E-state index is -0.289. The lowest BCUT2D eigenvalue weighted by Gasteiger charge is -2.11. The zero-order valence-corrected chi connectivity index (χ0v) is 10.6. The fourth-order valence-electron chi connectivity index (χ4n) is 1.72. The van der Waals surface area contributed by atoms with Crippen molar-refractivity contribution < 1.29 is 0 Å². The number of nitrogens with one attached hydrogen (secondary N) is 1. The maximum Gasteiger partial charge on any atom is 0.0938 e. The number of hydrogen-bond acceptors (Lipinski definition) is 4. The first-order valence-electron chi connectivity index (χ1n) is 6.05. The largest absolute Gasteiger partial charge is 0.399 e. The Morgan fingerprint density at radius 3 is 2.47 bits per heavy atom. The van der Waals surface area contributed by atoms with Crippen LogP contribution < -0.4 is 22.5 Å². The van der Waals surface area contributed by atoms with Crippen LogP contribution in [0.25, 0.3) is 6.08 Å². The van der Waals surface area contributed by atoms with Gasteiger partial charge < -0.3 is 22.5 Å². The Kier molecular flexibility index (Phi) is 4.05. The lowest BCUT2D eigenvalue weighted by Crippen LogP contribution is -2.26. The molecule has 2 aromatic carbocycles. The summed E-state index contributed by atoms with van der Waals surface area (Å²) in [6, 6.07) is 15.2. The van der Waals surface area contributed by atoms with Crippen LogP contribution in [0, 0.1) is 0 Å². The summed E-state index contributed by atoms with van der Waals surface area (Å²) in [5.74, 6) is 0. The molecule has 1 atom stereocenters. The van der Waals surface area contributed by atoms with Gasteiger partial charge in [0.25, 0.3) is 0 Å². The van der Waals surface area contributed by atoms with Gasteiger partial charge in [-0.3, -0.25) is 0 Å². The Bertz CT molecular complexity index is 564. The average Bonchev–Trinajstić information content (AvgIpc) is 2.41. The van der Waals surface area contributed by atoms with Crippen molar-refractivity contribution in [2.24, 2.45) is 5.73 Å². The molecule has 4 nitrogen and oxygen atoms in total. The van der Waals surface area contributed by atoms with Gasteiger partial charge in [-0.25, -0.2) is 0 Å². The van der Waals surface area contributed by atoms with Crippen LogP contribution in [0.4, 0.5) is 17.1 Å². The van der Waals surface area contributed by atoms with Gasteiger partial charge in [-0.2, -0.15) is 0 Å². The smallest absolute Gasteiger partial charge is 0.0938 e. The Morgan fingerprint density at radius 2 is 1.74 bits per heavy atom. The molecular weight excluding hydrogens is 236 g/mol. The van der Waals surface area contributed by atoms with Gasteiger partial charge in [-0.15, -0.1) is 0 Å². The van der Waals surface area contributed by atoms with Crippen molar-refractivity contribution in [2.75, 3.05) is 16.8 Å². The third-order valence-corrected chi connectivity index (χ3v) is 2.70. The van der Waals surface area contributed by atoms with E-state index in [-0.39, 0.29) is 6.17 Å². The summed E-state index contributed by atoms with van der Waals surface area (Å²) in [6.07, 6.45) is 3.42. The molecule has 0 radical (unpaired) electrons. The Labute approximate surface area is 112 Å². The molecule has 0 heterocycles. The summed E-state index contributed by atoms with van der Waals surface area (Å²) in [6.45, 7) is 0. The molecule has 0 saturated carbocycles. The summed E-state index contributed by atoms with van der Waals surface area (Å²) in [4.78, 5) is 0. The standard InChI is InChI=1S/C15H18N4/c16-12-7-8-14(17)11(10-12)6-9-15(18)19-13-4-2-1-3-5-13/h1-10,15,19H,16-18H2. The third-order valence-electron chi connectivity index (χ3n) is 2.70. The molecule has 0 aliphatic carbocycles. The highest BCUT2D eigenvalue weighted by molar-refractivity contribution is 5.68. The van der Waals surface area contributed by atoms with Crippen LogP contribution in [-0.2, 0) is 0 Å². The van der Waals surface area contributed by atoms with Crippen molar-refractivity contribution in [1.29, 1.82) is 0 Å². The molecule has 2 rings (SSSR count). The van der Waals surface area contributed by atoms with Gasteiger partial charge in [0.15, 0.2) is 0 Å². The number of hydrogen-bond donors (Lipinski definition) is 4. The number of nitrogen functional groups attached to an aromatic ring is 2. The predicted molar refractivity (Wildman–Crippen MR) is 82.3 cm³/mol. The lowest BCUT2D eigenvalue weighted by atomic mass is 10.1. The summed E-state index contributed by atoms with van der Waals surface area (Å²) >= 11 is 0. The molecule has 4 heteroatoms. The van der Waals surface area contributed by atoms with Crippen molar-refractivity contribution in [3.63, 3.8) is 0 Å². The van der Waals surface area contributed by atoms with Gasteiger partial charge in [0.05, 0.1) is 6.17 Å². The van der Waals surface area contributed by atoms with E-state index in [0.29, 0.717) is 11.4 Å². The molecular formula is C15H18N4. The lowest BCUT2D eigenvalue weighted by molar-refractivity contribution is 0.947. The van der Waals surface area contributed by atoms with Crippen molar-refractivity contribution in [3.8, 4) is 0 Å². The van der Waals surface area contributed by atoms with Crippen LogP contribution in [0.3, 0.4) is 0 Å². The first-order valence-corrected chi connectivity index (χ1v) is 6.05. The molecule has 1 unspecified atom stereocenters. The normalized spacial score (nSPS) is 12.5. The molecule has 2 aromatic rings. The average molecular weight is 254 g/mol. The summed E-state index contributed by atoms with van der Waals surface area (Å²) < 4.78 is 0. The van der Waals surface area contributed by atoms with E-state index in [4.69, 9.17) is 17.2 Å². The van der Waals surface area contributed by atoms with Crippen LogP contribution >= 0.6 is 0 Å². The monoisotopic (exact) mass is 254 g/mol. The topological polar surface area (TPSA) is 90.1 Å².